The molecule has 1 aromatic rings. The lowest BCUT2D eigenvalue weighted by Gasteiger charge is -2.27. The molecule has 0 saturated carbocycles. The highest BCUT2D eigenvalue weighted by Gasteiger charge is 2.40. The maximum atomic E-state index is 12.4. The molecule has 0 fully saturated rings. The Hall–Kier alpha value is -2.17. The first-order valence-corrected chi connectivity index (χ1v) is 7.02. The first kappa shape index (κ1) is 15.2. The standard InChI is InChI=1S/C16H19NO4/c1-10(2)8-12(9-21-11(3)18)17-15(19)13-6-4-5-7-14(13)16(17)20/h4-7,10,12H,8-9H2,1-3H3/t12-/m1/s1. The van der Waals surface area contributed by atoms with E-state index in [2.05, 4.69) is 0 Å². The van der Waals surface area contributed by atoms with Gasteiger partial charge in [-0.05, 0) is 24.5 Å². The van der Waals surface area contributed by atoms with Crippen molar-refractivity contribution < 1.29 is 19.1 Å². The van der Waals surface area contributed by atoms with E-state index in [-0.39, 0.29) is 24.3 Å². The summed E-state index contributed by atoms with van der Waals surface area (Å²) in [4.78, 5) is 37.1. The van der Waals surface area contributed by atoms with Gasteiger partial charge in [0.1, 0.15) is 6.61 Å². The van der Waals surface area contributed by atoms with Crippen LogP contribution >= 0.6 is 0 Å². The zero-order valence-corrected chi connectivity index (χ0v) is 12.5. The van der Waals surface area contributed by atoms with E-state index in [1.807, 2.05) is 13.8 Å². The van der Waals surface area contributed by atoms with E-state index in [1.165, 1.54) is 11.8 Å². The topological polar surface area (TPSA) is 63.7 Å². The van der Waals surface area contributed by atoms with Gasteiger partial charge in [-0.25, -0.2) is 0 Å². The zero-order valence-electron chi connectivity index (χ0n) is 12.5. The molecule has 0 aromatic heterocycles. The maximum absolute atomic E-state index is 12.4. The molecule has 0 spiro atoms. The number of esters is 1. The molecule has 0 aliphatic carbocycles. The third-order valence-electron chi connectivity index (χ3n) is 3.41. The van der Waals surface area contributed by atoms with Crippen LogP contribution in [-0.4, -0.2) is 35.3 Å². The third-order valence-corrected chi connectivity index (χ3v) is 3.41. The second-order valence-electron chi connectivity index (χ2n) is 5.61. The van der Waals surface area contributed by atoms with Gasteiger partial charge in [-0.2, -0.15) is 0 Å². The highest BCUT2D eigenvalue weighted by molar-refractivity contribution is 6.21. The van der Waals surface area contributed by atoms with Crippen molar-refractivity contribution in [3.63, 3.8) is 0 Å². The Balaban J connectivity index is 2.26. The van der Waals surface area contributed by atoms with Crippen molar-refractivity contribution in [2.45, 2.75) is 33.2 Å². The van der Waals surface area contributed by atoms with Gasteiger partial charge in [-0.15, -0.1) is 0 Å². The molecule has 2 amide bonds. The van der Waals surface area contributed by atoms with Crippen LogP contribution in [-0.2, 0) is 9.53 Å². The lowest BCUT2D eigenvalue weighted by molar-refractivity contribution is -0.142. The number of fused-ring (bicyclic) bond motifs is 1. The number of rotatable bonds is 5. The van der Waals surface area contributed by atoms with E-state index >= 15 is 0 Å². The Morgan fingerprint density at radius 1 is 1.14 bits per heavy atom. The number of hydrogen-bond acceptors (Lipinski definition) is 4. The summed E-state index contributed by atoms with van der Waals surface area (Å²) in [6.07, 6.45) is 0.596. The summed E-state index contributed by atoms with van der Waals surface area (Å²) >= 11 is 0. The van der Waals surface area contributed by atoms with E-state index in [4.69, 9.17) is 4.74 Å². The Morgan fingerprint density at radius 3 is 2.10 bits per heavy atom. The number of ether oxygens (including phenoxy) is 1. The van der Waals surface area contributed by atoms with Gasteiger partial charge in [-0.1, -0.05) is 26.0 Å². The summed E-state index contributed by atoms with van der Waals surface area (Å²) in [7, 11) is 0. The first-order chi connectivity index (χ1) is 9.91. The molecule has 1 aromatic carbocycles. The van der Waals surface area contributed by atoms with Crippen molar-refractivity contribution in [3.8, 4) is 0 Å². The monoisotopic (exact) mass is 289 g/mol. The van der Waals surface area contributed by atoms with Crippen LogP contribution < -0.4 is 0 Å². The van der Waals surface area contributed by atoms with Crippen LogP contribution in [0.25, 0.3) is 0 Å². The summed E-state index contributed by atoms with van der Waals surface area (Å²) in [5, 5.41) is 0. The molecular weight excluding hydrogens is 270 g/mol. The number of carbonyl (C=O) groups excluding carboxylic acids is 3. The second-order valence-corrected chi connectivity index (χ2v) is 5.61. The van der Waals surface area contributed by atoms with Gasteiger partial charge in [0.25, 0.3) is 11.8 Å². The van der Waals surface area contributed by atoms with E-state index in [1.54, 1.807) is 24.3 Å². The molecule has 21 heavy (non-hydrogen) atoms. The van der Waals surface area contributed by atoms with Crippen molar-refractivity contribution in [1.82, 2.24) is 4.90 Å². The Morgan fingerprint density at radius 2 is 1.67 bits per heavy atom. The lowest BCUT2D eigenvalue weighted by Crippen LogP contribution is -2.43. The van der Waals surface area contributed by atoms with Crippen molar-refractivity contribution in [2.24, 2.45) is 5.92 Å². The summed E-state index contributed by atoms with van der Waals surface area (Å²) in [6.45, 7) is 5.35. The van der Waals surface area contributed by atoms with Crippen molar-refractivity contribution in [1.29, 1.82) is 0 Å². The summed E-state index contributed by atoms with van der Waals surface area (Å²) in [5.74, 6) is -0.767. The minimum Gasteiger partial charge on any atom is -0.464 e. The normalized spacial score (nSPS) is 15.3. The van der Waals surface area contributed by atoms with Gasteiger partial charge in [0.05, 0.1) is 17.2 Å². The van der Waals surface area contributed by atoms with Crippen molar-refractivity contribution >= 4 is 17.8 Å². The molecule has 5 nitrogen and oxygen atoms in total. The highest BCUT2D eigenvalue weighted by atomic mass is 16.5. The number of amides is 2. The van der Waals surface area contributed by atoms with Crippen molar-refractivity contribution in [2.75, 3.05) is 6.61 Å². The number of carbonyl (C=O) groups is 3. The van der Waals surface area contributed by atoms with Gasteiger partial charge >= 0.3 is 5.97 Å². The van der Waals surface area contributed by atoms with Crippen LogP contribution in [0.1, 0.15) is 47.9 Å². The zero-order chi connectivity index (χ0) is 15.6. The maximum Gasteiger partial charge on any atom is 0.302 e. The SMILES string of the molecule is CC(=O)OC[C@@H](CC(C)C)N1C(=O)c2ccccc2C1=O. The molecule has 0 N–H and O–H groups in total. The molecule has 1 atom stereocenters. The summed E-state index contributed by atoms with van der Waals surface area (Å²) in [5.41, 5.74) is 0.832. The Kier molecular flexibility index (Phi) is 4.40. The molecule has 2 rings (SSSR count). The minimum atomic E-state index is -0.429. The molecule has 5 heteroatoms. The smallest absolute Gasteiger partial charge is 0.302 e. The largest absolute Gasteiger partial charge is 0.464 e. The number of benzene rings is 1. The Labute approximate surface area is 123 Å². The Bertz CT molecular complexity index is 544. The number of hydrogen-bond donors (Lipinski definition) is 0. The average molecular weight is 289 g/mol. The van der Waals surface area contributed by atoms with Gasteiger partial charge in [0.2, 0.25) is 0 Å². The fourth-order valence-electron chi connectivity index (χ4n) is 2.55. The molecule has 0 saturated heterocycles. The van der Waals surface area contributed by atoms with Gasteiger partial charge in [0, 0.05) is 6.92 Å². The molecule has 1 aliphatic rings. The fraction of sp³-hybridized carbons (Fsp3) is 0.438. The minimum absolute atomic E-state index is 0.0407. The van der Waals surface area contributed by atoms with Crippen molar-refractivity contribution in [3.05, 3.63) is 35.4 Å². The quantitative estimate of drug-likeness (QED) is 0.616. The average Bonchev–Trinajstić information content (AvgIpc) is 2.67. The molecule has 1 aliphatic heterocycles. The highest BCUT2D eigenvalue weighted by Crippen LogP contribution is 2.26. The molecule has 0 radical (unpaired) electrons. The molecule has 0 unspecified atom stereocenters. The number of nitrogens with zero attached hydrogens (tertiary/aromatic N) is 1. The van der Waals surface area contributed by atoms with Crippen LogP contribution in [0.3, 0.4) is 0 Å². The van der Waals surface area contributed by atoms with E-state index in [0.717, 1.165) is 0 Å². The summed E-state index contributed by atoms with van der Waals surface area (Å²) in [6, 6.07) is 6.33. The van der Waals surface area contributed by atoms with Crippen LogP contribution in [0.2, 0.25) is 0 Å². The van der Waals surface area contributed by atoms with Crippen LogP contribution in [0.15, 0.2) is 24.3 Å². The lowest BCUT2D eigenvalue weighted by atomic mass is 10.0. The summed E-state index contributed by atoms with van der Waals surface area (Å²) < 4.78 is 5.03. The van der Waals surface area contributed by atoms with Crippen LogP contribution in [0, 0.1) is 5.92 Å². The van der Waals surface area contributed by atoms with Gasteiger partial charge in [-0.3, -0.25) is 19.3 Å². The van der Waals surface area contributed by atoms with E-state index in [9.17, 15) is 14.4 Å². The van der Waals surface area contributed by atoms with Gasteiger partial charge < -0.3 is 4.74 Å². The molecule has 112 valence electrons. The molecule has 1 heterocycles. The second kappa shape index (κ2) is 6.08. The molecular formula is C16H19NO4. The third kappa shape index (κ3) is 3.12. The van der Waals surface area contributed by atoms with E-state index in [0.29, 0.717) is 17.5 Å². The van der Waals surface area contributed by atoms with Gasteiger partial charge in [0.15, 0.2) is 0 Å². The first-order valence-electron chi connectivity index (χ1n) is 7.02. The molecule has 0 bridgehead atoms. The van der Waals surface area contributed by atoms with E-state index < -0.39 is 12.0 Å². The predicted molar refractivity (Wildman–Crippen MR) is 76.8 cm³/mol. The fourth-order valence-corrected chi connectivity index (χ4v) is 2.55. The van der Waals surface area contributed by atoms with Crippen LogP contribution in [0.5, 0.6) is 0 Å². The number of imide groups is 1. The van der Waals surface area contributed by atoms with Crippen LogP contribution in [0.4, 0.5) is 0 Å². The predicted octanol–water partition coefficient (Wildman–Crippen LogP) is 2.26.